The van der Waals surface area contributed by atoms with Crippen LogP contribution in [0, 0.1) is 11.8 Å². The molecule has 0 amide bonds. The van der Waals surface area contributed by atoms with Gasteiger partial charge in [0.05, 0.1) is 26.4 Å². The van der Waals surface area contributed by atoms with Crippen LogP contribution in [0.1, 0.15) is 452 Å². The van der Waals surface area contributed by atoms with E-state index in [1.54, 1.807) is 0 Å². The van der Waals surface area contributed by atoms with E-state index < -0.39 is 97.5 Å². The first kappa shape index (κ1) is 102. The Kier molecular flexibility index (Phi) is 75.0. The molecule has 4 unspecified atom stereocenters. The average molecular weight is 1520 g/mol. The van der Waals surface area contributed by atoms with Gasteiger partial charge in [-0.2, -0.15) is 0 Å². The number of phosphoric acid groups is 2. The van der Waals surface area contributed by atoms with Crippen molar-refractivity contribution in [2.24, 2.45) is 11.8 Å². The molecule has 0 aliphatic heterocycles. The summed E-state index contributed by atoms with van der Waals surface area (Å²) in [6, 6.07) is 0. The third-order valence-corrected chi connectivity index (χ3v) is 22.6. The van der Waals surface area contributed by atoms with E-state index in [1.807, 2.05) is 0 Å². The second-order valence-electron chi connectivity index (χ2n) is 31.1. The normalized spacial score (nSPS) is 14.4. The average Bonchev–Trinajstić information content (AvgIpc) is 1.05. The first-order valence-corrected chi connectivity index (χ1v) is 47.1. The highest BCUT2D eigenvalue weighted by atomic mass is 31.2. The predicted octanol–water partition coefficient (Wildman–Crippen LogP) is 25.8. The Bertz CT molecular complexity index is 2000. The van der Waals surface area contributed by atoms with Gasteiger partial charge in [-0.1, -0.05) is 401 Å². The standard InChI is InChI=1S/C85H166O17P2/c1-7-11-13-15-17-19-21-23-25-27-29-31-33-35-37-39-44-48-55-61-67-82(87)95-73-80(101-84(89)69-63-57-49-45-40-38-36-34-32-30-28-26-24-22-20-18-16-14-12-8-2)75-99-103(91,92)97-71-79(86)72-98-104(93,94)100-76-81(74-96-83(88)68-62-56-52-51-54-60-66-78(6)10-4)102-85(90)70-64-58-50-46-42-41-43-47-53-59-65-77(5)9-3/h77-81,86H,7-76H2,1-6H3,(H,91,92)(H,93,94)/t77?,78?,79-,80-,81-/m1/s1. The molecule has 0 fully saturated rings. The van der Waals surface area contributed by atoms with E-state index in [1.165, 1.54) is 263 Å². The van der Waals surface area contributed by atoms with Crippen LogP contribution >= 0.6 is 15.6 Å². The van der Waals surface area contributed by atoms with Gasteiger partial charge in [-0.3, -0.25) is 37.3 Å². The maximum Gasteiger partial charge on any atom is 0.472 e. The van der Waals surface area contributed by atoms with Gasteiger partial charge < -0.3 is 33.8 Å². The molecule has 7 atom stereocenters. The Hall–Kier alpha value is -1.94. The third kappa shape index (κ3) is 75.5. The van der Waals surface area contributed by atoms with Crippen LogP contribution in [0.3, 0.4) is 0 Å². The van der Waals surface area contributed by atoms with Crippen LogP contribution in [0.2, 0.25) is 0 Å². The molecule has 0 rings (SSSR count). The first-order chi connectivity index (χ1) is 50.4. The molecule has 17 nitrogen and oxygen atoms in total. The fourth-order valence-corrected chi connectivity index (χ4v) is 14.8. The third-order valence-electron chi connectivity index (χ3n) is 20.7. The summed E-state index contributed by atoms with van der Waals surface area (Å²) >= 11 is 0. The topological polar surface area (TPSA) is 237 Å². The molecule has 0 heterocycles. The Morgan fingerprint density at radius 1 is 0.269 bits per heavy atom. The molecule has 0 saturated heterocycles. The number of unbranched alkanes of at least 4 members (excludes halogenated alkanes) is 52. The fourth-order valence-electron chi connectivity index (χ4n) is 13.2. The summed E-state index contributed by atoms with van der Waals surface area (Å²) in [7, 11) is -9.93. The van der Waals surface area contributed by atoms with Gasteiger partial charge in [0.25, 0.3) is 0 Å². The number of phosphoric ester groups is 2. The van der Waals surface area contributed by atoms with E-state index in [4.69, 9.17) is 37.0 Å². The molecule has 3 N–H and O–H groups in total. The van der Waals surface area contributed by atoms with Crippen LogP contribution in [0.25, 0.3) is 0 Å². The van der Waals surface area contributed by atoms with Crippen molar-refractivity contribution in [2.75, 3.05) is 39.6 Å². The SMILES string of the molecule is CCCCCCCCCCCCCCCCCCCCCCC(=O)OC[C@H](COP(=O)(O)OC[C@@H](O)COP(=O)(O)OC[C@@H](COC(=O)CCCCCCCCC(C)CC)OC(=O)CCCCCCCCCCCCC(C)CC)OC(=O)CCCCCCCCCCCCCCCCCCCCCC. The van der Waals surface area contributed by atoms with Gasteiger partial charge in [-0.15, -0.1) is 0 Å². The molecule has 104 heavy (non-hydrogen) atoms. The monoisotopic (exact) mass is 1520 g/mol. The summed E-state index contributed by atoms with van der Waals surface area (Å²) in [5.41, 5.74) is 0. The van der Waals surface area contributed by atoms with E-state index in [0.717, 1.165) is 108 Å². The lowest BCUT2D eigenvalue weighted by Crippen LogP contribution is -2.30. The Labute approximate surface area is 638 Å². The first-order valence-electron chi connectivity index (χ1n) is 44.1. The second-order valence-corrected chi connectivity index (χ2v) is 34.0. The molecule has 618 valence electrons. The number of hydrogen-bond donors (Lipinski definition) is 3. The van der Waals surface area contributed by atoms with Crippen LogP contribution in [-0.2, 0) is 65.4 Å². The number of hydrogen-bond acceptors (Lipinski definition) is 15. The lowest BCUT2D eigenvalue weighted by molar-refractivity contribution is -0.161. The number of ether oxygens (including phenoxy) is 4. The number of carbonyl (C=O) groups is 4. The number of aliphatic hydroxyl groups is 1. The fraction of sp³-hybridized carbons (Fsp3) is 0.953. The van der Waals surface area contributed by atoms with E-state index >= 15 is 0 Å². The molecule has 0 aliphatic rings. The van der Waals surface area contributed by atoms with Gasteiger partial charge in [-0.05, 0) is 37.5 Å². The zero-order valence-electron chi connectivity index (χ0n) is 68.3. The summed E-state index contributed by atoms with van der Waals surface area (Å²) in [5.74, 6) is -0.573. The molecule has 0 aromatic carbocycles. The number of esters is 4. The van der Waals surface area contributed by atoms with E-state index in [9.17, 15) is 43.2 Å². The zero-order valence-corrected chi connectivity index (χ0v) is 70.1. The van der Waals surface area contributed by atoms with E-state index in [-0.39, 0.29) is 25.7 Å². The summed E-state index contributed by atoms with van der Waals surface area (Å²) in [6.07, 6.45) is 68.1. The predicted molar refractivity (Wildman–Crippen MR) is 428 cm³/mol. The van der Waals surface area contributed by atoms with Crippen molar-refractivity contribution in [3.63, 3.8) is 0 Å². The number of rotatable bonds is 84. The Morgan fingerprint density at radius 2 is 0.462 bits per heavy atom. The van der Waals surface area contributed by atoms with Crippen LogP contribution in [0.5, 0.6) is 0 Å². The van der Waals surface area contributed by atoms with Crippen molar-refractivity contribution in [3.8, 4) is 0 Å². The van der Waals surface area contributed by atoms with E-state index in [2.05, 4.69) is 41.5 Å². The van der Waals surface area contributed by atoms with Gasteiger partial charge in [0.2, 0.25) is 0 Å². The summed E-state index contributed by atoms with van der Waals surface area (Å²) in [4.78, 5) is 73.2. The lowest BCUT2D eigenvalue weighted by Gasteiger charge is -2.21. The quantitative estimate of drug-likeness (QED) is 0.0222. The van der Waals surface area contributed by atoms with Gasteiger partial charge in [-0.25, -0.2) is 9.13 Å². The highest BCUT2D eigenvalue weighted by molar-refractivity contribution is 7.47. The molecule has 0 bridgehead atoms. The highest BCUT2D eigenvalue weighted by Crippen LogP contribution is 2.45. The van der Waals surface area contributed by atoms with Crippen LogP contribution < -0.4 is 0 Å². The van der Waals surface area contributed by atoms with Crippen LogP contribution in [0.15, 0.2) is 0 Å². The molecule has 19 heteroatoms. The van der Waals surface area contributed by atoms with Crippen molar-refractivity contribution in [1.29, 1.82) is 0 Å². The van der Waals surface area contributed by atoms with Crippen molar-refractivity contribution < 1.29 is 80.2 Å². The Morgan fingerprint density at radius 3 is 0.683 bits per heavy atom. The Balaban J connectivity index is 5.23. The minimum atomic E-state index is -4.97. The zero-order chi connectivity index (χ0) is 76.4. The summed E-state index contributed by atoms with van der Waals surface area (Å²) in [6.45, 7) is 9.64. The van der Waals surface area contributed by atoms with Gasteiger partial charge in [0.1, 0.15) is 19.3 Å². The molecule has 0 radical (unpaired) electrons. The lowest BCUT2D eigenvalue weighted by atomic mass is 9.99. The molecular weight excluding hydrogens is 1350 g/mol. The van der Waals surface area contributed by atoms with E-state index in [0.29, 0.717) is 25.7 Å². The number of carbonyl (C=O) groups excluding carboxylic acids is 4. The van der Waals surface area contributed by atoms with Gasteiger partial charge >= 0.3 is 39.5 Å². The van der Waals surface area contributed by atoms with Gasteiger partial charge in [0.15, 0.2) is 12.2 Å². The molecule has 0 aliphatic carbocycles. The molecule has 0 aromatic heterocycles. The maximum atomic E-state index is 13.1. The molecule has 0 aromatic rings. The van der Waals surface area contributed by atoms with Crippen molar-refractivity contribution in [2.45, 2.75) is 471 Å². The summed E-state index contributed by atoms with van der Waals surface area (Å²) < 4.78 is 68.8. The second kappa shape index (κ2) is 76.4. The van der Waals surface area contributed by atoms with Crippen molar-refractivity contribution in [3.05, 3.63) is 0 Å². The highest BCUT2D eigenvalue weighted by Gasteiger charge is 2.30. The molecule has 0 saturated carbocycles. The van der Waals surface area contributed by atoms with Crippen molar-refractivity contribution >= 4 is 39.5 Å². The van der Waals surface area contributed by atoms with Crippen LogP contribution in [-0.4, -0.2) is 96.7 Å². The summed E-state index contributed by atoms with van der Waals surface area (Å²) in [5, 5.41) is 10.7. The van der Waals surface area contributed by atoms with Gasteiger partial charge in [0, 0.05) is 25.7 Å². The minimum Gasteiger partial charge on any atom is -0.462 e. The van der Waals surface area contributed by atoms with Crippen LogP contribution in [0.4, 0.5) is 0 Å². The smallest absolute Gasteiger partial charge is 0.462 e. The molecular formula is C85H166O17P2. The minimum absolute atomic E-state index is 0.106. The molecule has 0 spiro atoms. The number of aliphatic hydroxyl groups excluding tert-OH is 1. The van der Waals surface area contributed by atoms with Crippen molar-refractivity contribution in [1.82, 2.24) is 0 Å². The maximum absolute atomic E-state index is 13.1. The largest absolute Gasteiger partial charge is 0.472 e.